The van der Waals surface area contributed by atoms with Crippen molar-refractivity contribution in [2.24, 2.45) is 0 Å². The van der Waals surface area contributed by atoms with Gasteiger partial charge in [-0.15, -0.1) is 0 Å². The lowest BCUT2D eigenvalue weighted by atomic mass is 9.96. The molecule has 0 aliphatic carbocycles. The predicted molar refractivity (Wildman–Crippen MR) is 172 cm³/mol. The summed E-state index contributed by atoms with van der Waals surface area (Å²) < 4.78 is 4.54. The second-order valence-electron chi connectivity index (χ2n) is 10.4. The summed E-state index contributed by atoms with van der Waals surface area (Å²) in [7, 11) is 0. The lowest BCUT2D eigenvalue weighted by molar-refractivity contribution is 1.16. The van der Waals surface area contributed by atoms with E-state index in [4.69, 9.17) is 6.57 Å². The average Bonchev–Trinajstić information content (AvgIpc) is 3.57. The molecule has 0 fully saturated rings. The third-order valence-electron chi connectivity index (χ3n) is 8.18. The van der Waals surface area contributed by atoms with E-state index in [1.54, 1.807) is 0 Å². The summed E-state index contributed by atoms with van der Waals surface area (Å²) in [5, 5.41) is 14.9. The van der Waals surface area contributed by atoms with Crippen LogP contribution in [0.5, 0.6) is 0 Å². The van der Waals surface area contributed by atoms with Crippen LogP contribution in [0.3, 0.4) is 0 Å². The summed E-state index contributed by atoms with van der Waals surface area (Å²) in [5.41, 5.74) is 9.23. The van der Waals surface area contributed by atoms with Crippen molar-refractivity contribution < 1.29 is 0 Å². The van der Waals surface area contributed by atoms with Crippen LogP contribution in [-0.2, 0) is 0 Å². The second kappa shape index (κ2) is 9.24. The molecule has 0 radical (unpaired) electrons. The summed E-state index contributed by atoms with van der Waals surface area (Å²) in [4.78, 5) is 3.69. The van der Waals surface area contributed by atoms with Gasteiger partial charge in [-0.2, -0.15) is 5.26 Å². The first-order valence-corrected chi connectivity index (χ1v) is 13.8. The standard InChI is InChI=1S/C38H22N4/c1-40-26-21-22-36-31(23-26)29-14-4-8-18-34(29)42(36)37-20-10-11-25(24-39)38(37)30-15-5-9-19-35(30)41-32-16-6-2-12-27(32)28-13-3-7-17-33(28)41/h2-23H. The fourth-order valence-corrected chi connectivity index (χ4v) is 6.45. The number of rotatable bonds is 3. The summed E-state index contributed by atoms with van der Waals surface area (Å²) >= 11 is 0. The van der Waals surface area contributed by atoms with E-state index in [9.17, 15) is 5.26 Å². The molecule has 8 aromatic rings. The SMILES string of the molecule is [C-]#[N+]c1ccc2c(c1)c1ccccc1n2-c1cccc(C#N)c1-c1ccccc1-n1c2ccccc2c2ccccc21. The van der Waals surface area contributed by atoms with Crippen LogP contribution in [0, 0.1) is 17.9 Å². The van der Waals surface area contributed by atoms with Gasteiger partial charge in [0.05, 0.1) is 51.6 Å². The van der Waals surface area contributed by atoms with Gasteiger partial charge in [0.1, 0.15) is 0 Å². The Bertz CT molecular complexity index is 2390. The normalized spacial score (nSPS) is 11.3. The number of nitriles is 1. The van der Waals surface area contributed by atoms with Gasteiger partial charge in [0.2, 0.25) is 0 Å². The van der Waals surface area contributed by atoms with Crippen LogP contribution in [0.15, 0.2) is 133 Å². The van der Waals surface area contributed by atoms with Crippen LogP contribution < -0.4 is 0 Å². The Morgan fingerprint density at radius 3 is 1.69 bits per heavy atom. The van der Waals surface area contributed by atoms with Crippen molar-refractivity contribution in [3.8, 4) is 28.6 Å². The lowest BCUT2D eigenvalue weighted by Gasteiger charge is -2.19. The maximum Gasteiger partial charge on any atom is 0.188 e. The van der Waals surface area contributed by atoms with Crippen molar-refractivity contribution >= 4 is 49.3 Å². The molecule has 8 rings (SSSR count). The third-order valence-corrected chi connectivity index (χ3v) is 8.18. The average molecular weight is 535 g/mol. The van der Waals surface area contributed by atoms with Crippen molar-refractivity contribution in [3.05, 3.63) is 150 Å². The van der Waals surface area contributed by atoms with Crippen LogP contribution in [0.25, 0.3) is 71.0 Å². The Morgan fingerprint density at radius 2 is 1.05 bits per heavy atom. The fraction of sp³-hybridized carbons (Fsp3) is 0. The number of hydrogen-bond acceptors (Lipinski definition) is 1. The van der Waals surface area contributed by atoms with E-state index in [1.165, 1.54) is 10.8 Å². The third kappa shape index (κ3) is 3.33. The predicted octanol–water partition coefficient (Wildman–Crippen LogP) is 9.97. The van der Waals surface area contributed by atoms with Gasteiger partial charge < -0.3 is 9.13 Å². The molecule has 0 saturated carbocycles. The minimum atomic E-state index is 0.601. The molecule has 0 N–H and O–H groups in total. The highest BCUT2D eigenvalue weighted by Gasteiger charge is 2.22. The molecular weight excluding hydrogens is 512 g/mol. The van der Waals surface area contributed by atoms with Crippen LogP contribution in [0.1, 0.15) is 5.56 Å². The summed E-state index contributed by atoms with van der Waals surface area (Å²) in [6.45, 7) is 7.58. The molecule has 0 aliphatic rings. The maximum atomic E-state index is 10.5. The number of nitrogens with zero attached hydrogens (tertiary/aromatic N) is 4. The van der Waals surface area contributed by atoms with Gasteiger partial charge in [-0.3, -0.25) is 0 Å². The first-order chi connectivity index (χ1) is 20.8. The van der Waals surface area contributed by atoms with Gasteiger partial charge in [-0.1, -0.05) is 84.9 Å². The molecule has 6 aromatic carbocycles. The second-order valence-corrected chi connectivity index (χ2v) is 10.4. The summed E-state index contributed by atoms with van der Waals surface area (Å²) in [5.74, 6) is 0. The molecule has 0 saturated heterocycles. The van der Waals surface area contributed by atoms with Crippen molar-refractivity contribution in [2.75, 3.05) is 0 Å². The largest absolute Gasteiger partial charge is 0.309 e. The fourth-order valence-electron chi connectivity index (χ4n) is 6.45. The highest BCUT2D eigenvalue weighted by molar-refractivity contribution is 6.12. The van der Waals surface area contributed by atoms with Gasteiger partial charge in [0.25, 0.3) is 0 Å². The Kier molecular flexibility index (Phi) is 5.22. The van der Waals surface area contributed by atoms with E-state index in [1.807, 2.05) is 48.5 Å². The highest BCUT2D eigenvalue weighted by Crippen LogP contribution is 2.42. The molecule has 0 aliphatic heterocycles. The topological polar surface area (TPSA) is 38.0 Å². The van der Waals surface area contributed by atoms with E-state index < -0.39 is 0 Å². The zero-order valence-corrected chi connectivity index (χ0v) is 22.5. The minimum Gasteiger partial charge on any atom is -0.309 e. The first kappa shape index (κ1) is 23.8. The Labute approximate surface area is 242 Å². The van der Waals surface area contributed by atoms with Crippen molar-refractivity contribution in [2.45, 2.75) is 0 Å². The molecular formula is C38H22N4. The smallest absolute Gasteiger partial charge is 0.188 e. The van der Waals surface area contributed by atoms with E-state index in [2.05, 4.69) is 105 Å². The number of aromatic nitrogens is 2. The summed E-state index contributed by atoms with van der Waals surface area (Å²) in [6, 6.07) is 47.9. The first-order valence-electron chi connectivity index (χ1n) is 13.8. The molecule has 0 amide bonds. The molecule has 0 unspecified atom stereocenters. The molecule has 4 heteroatoms. The summed E-state index contributed by atoms with van der Waals surface area (Å²) in [6.07, 6.45) is 0. The van der Waals surface area contributed by atoms with Crippen molar-refractivity contribution in [1.29, 1.82) is 5.26 Å². The maximum absolute atomic E-state index is 10.5. The number of para-hydroxylation sites is 4. The van der Waals surface area contributed by atoms with Crippen LogP contribution in [0.4, 0.5) is 5.69 Å². The molecule has 4 nitrogen and oxygen atoms in total. The zero-order valence-electron chi connectivity index (χ0n) is 22.5. The lowest BCUT2D eigenvalue weighted by Crippen LogP contribution is -2.03. The van der Waals surface area contributed by atoms with Crippen LogP contribution in [0.2, 0.25) is 0 Å². The van der Waals surface area contributed by atoms with Crippen molar-refractivity contribution in [3.63, 3.8) is 0 Å². The molecule has 2 heterocycles. The van der Waals surface area contributed by atoms with E-state index in [-0.39, 0.29) is 0 Å². The van der Waals surface area contributed by atoms with Gasteiger partial charge in [0, 0.05) is 27.3 Å². The van der Waals surface area contributed by atoms with Gasteiger partial charge >= 0.3 is 0 Å². The number of fused-ring (bicyclic) bond motifs is 6. The van der Waals surface area contributed by atoms with Gasteiger partial charge in [-0.05, 0) is 53.9 Å². The molecule has 2 aromatic heterocycles. The van der Waals surface area contributed by atoms with Gasteiger partial charge in [-0.25, -0.2) is 4.85 Å². The van der Waals surface area contributed by atoms with Crippen LogP contribution in [-0.4, -0.2) is 9.13 Å². The molecule has 0 atom stereocenters. The molecule has 194 valence electrons. The van der Waals surface area contributed by atoms with E-state index in [0.717, 1.165) is 55.3 Å². The Hall–Kier alpha value is -6.10. The minimum absolute atomic E-state index is 0.601. The molecule has 0 spiro atoms. The number of benzene rings is 6. The van der Waals surface area contributed by atoms with Gasteiger partial charge in [0.15, 0.2) is 5.69 Å². The Balaban J connectivity index is 1.50. The van der Waals surface area contributed by atoms with Crippen LogP contribution >= 0.6 is 0 Å². The quantitative estimate of drug-likeness (QED) is 0.208. The number of hydrogen-bond donors (Lipinski definition) is 0. The van der Waals surface area contributed by atoms with E-state index in [0.29, 0.717) is 11.3 Å². The highest BCUT2D eigenvalue weighted by atomic mass is 15.0. The Morgan fingerprint density at radius 1 is 0.524 bits per heavy atom. The van der Waals surface area contributed by atoms with Crippen molar-refractivity contribution in [1.82, 2.24) is 9.13 Å². The van der Waals surface area contributed by atoms with E-state index >= 15 is 0 Å². The molecule has 42 heavy (non-hydrogen) atoms. The molecule has 0 bridgehead atoms. The monoisotopic (exact) mass is 534 g/mol. The zero-order chi connectivity index (χ0) is 28.2.